The molecule has 0 spiro atoms. The lowest BCUT2D eigenvalue weighted by Gasteiger charge is -2.25. The number of ether oxygens (including phenoxy) is 4. The van der Waals surface area contributed by atoms with Crippen LogP contribution < -0.4 is 10.1 Å². The van der Waals surface area contributed by atoms with Gasteiger partial charge in [-0.1, -0.05) is 18.2 Å². The van der Waals surface area contributed by atoms with Gasteiger partial charge in [-0.05, 0) is 35.7 Å². The molecule has 1 amide bonds. The summed E-state index contributed by atoms with van der Waals surface area (Å²) < 4.78 is 21.2. The first-order chi connectivity index (χ1) is 17.1. The minimum Gasteiger partial charge on any atom is -0.493 e. The second-order valence-electron chi connectivity index (χ2n) is 8.51. The number of hydrazone groups is 1. The zero-order valence-corrected chi connectivity index (χ0v) is 19.9. The van der Waals surface area contributed by atoms with Crippen LogP contribution in [0.2, 0.25) is 0 Å². The van der Waals surface area contributed by atoms with E-state index in [0.29, 0.717) is 44.1 Å². The molecule has 4 rings (SSSR count). The first-order valence-electron chi connectivity index (χ1n) is 11.8. The number of nitrogens with one attached hydrogen (secondary N) is 1. The third-order valence-corrected chi connectivity index (χ3v) is 5.84. The SMILES string of the molecule is COCCOC(=O)CC1COc2cc(NC(=O)c3ccc(/C=N/N4CCOCC4)cc3)ccc2C1. The van der Waals surface area contributed by atoms with Gasteiger partial charge in [0.2, 0.25) is 0 Å². The number of carbonyl (C=O) groups is 2. The summed E-state index contributed by atoms with van der Waals surface area (Å²) in [6.45, 7) is 4.01. The van der Waals surface area contributed by atoms with Gasteiger partial charge in [-0.3, -0.25) is 14.6 Å². The molecular weight excluding hydrogens is 450 g/mol. The van der Waals surface area contributed by atoms with Crippen molar-refractivity contribution in [2.75, 3.05) is 58.6 Å². The Morgan fingerprint density at radius 3 is 2.71 bits per heavy atom. The molecule has 2 aliphatic rings. The molecule has 1 fully saturated rings. The van der Waals surface area contributed by atoms with Crippen LogP contribution in [0.5, 0.6) is 5.75 Å². The summed E-state index contributed by atoms with van der Waals surface area (Å²) >= 11 is 0. The number of benzene rings is 2. The maximum atomic E-state index is 12.7. The highest BCUT2D eigenvalue weighted by atomic mass is 16.6. The molecule has 2 heterocycles. The molecule has 1 unspecified atom stereocenters. The van der Waals surface area contributed by atoms with Gasteiger partial charge in [-0.15, -0.1) is 0 Å². The average molecular weight is 482 g/mol. The van der Waals surface area contributed by atoms with E-state index in [1.54, 1.807) is 25.5 Å². The average Bonchev–Trinajstić information content (AvgIpc) is 2.88. The van der Waals surface area contributed by atoms with E-state index in [-0.39, 0.29) is 24.4 Å². The van der Waals surface area contributed by atoms with Gasteiger partial charge in [0.25, 0.3) is 5.91 Å². The van der Waals surface area contributed by atoms with Crippen molar-refractivity contribution in [2.24, 2.45) is 11.0 Å². The first kappa shape index (κ1) is 24.7. The summed E-state index contributed by atoms with van der Waals surface area (Å²) in [5.74, 6) is 0.334. The Hall–Kier alpha value is -3.43. The summed E-state index contributed by atoms with van der Waals surface area (Å²) in [5.41, 5.74) is 3.14. The van der Waals surface area contributed by atoms with Crippen LogP contribution in [0.25, 0.3) is 0 Å². The molecule has 2 aromatic carbocycles. The highest BCUT2D eigenvalue weighted by Gasteiger charge is 2.23. The van der Waals surface area contributed by atoms with E-state index >= 15 is 0 Å². The first-order valence-corrected chi connectivity index (χ1v) is 11.8. The normalized spacial score (nSPS) is 17.5. The maximum Gasteiger partial charge on any atom is 0.306 e. The van der Waals surface area contributed by atoms with Crippen LogP contribution in [0.1, 0.15) is 27.9 Å². The summed E-state index contributed by atoms with van der Waals surface area (Å²) in [6.07, 6.45) is 2.81. The molecule has 0 saturated carbocycles. The van der Waals surface area contributed by atoms with Gasteiger partial charge in [-0.2, -0.15) is 5.10 Å². The van der Waals surface area contributed by atoms with Crippen LogP contribution in [-0.4, -0.2) is 76.3 Å². The molecule has 186 valence electrons. The second kappa shape index (κ2) is 12.3. The van der Waals surface area contributed by atoms with Crippen molar-refractivity contribution in [3.05, 3.63) is 59.2 Å². The maximum absolute atomic E-state index is 12.7. The van der Waals surface area contributed by atoms with Crippen molar-refractivity contribution in [1.29, 1.82) is 0 Å². The number of hydrogen-bond acceptors (Lipinski definition) is 8. The largest absolute Gasteiger partial charge is 0.493 e. The molecule has 0 aromatic heterocycles. The Labute approximate surface area is 205 Å². The Bertz CT molecular complexity index is 1030. The van der Waals surface area contributed by atoms with Crippen molar-refractivity contribution >= 4 is 23.8 Å². The van der Waals surface area contributed by atoms with Crippen LogP contribution in [0.4, 0.5) is 5.69 Å². The van der Waals surface area contributed by atoms with E-state index < -0.39 is 0 Å². The predicted molar refractivity (Wildman–Crippen MR) is 131 cm³/mol. The van der Waals surface area contributed by atoms with Crippen molar-refractivity contribution in [3.63, 3.8) is 0 Å². The minimum atomic E-state index is -0.249. The number of fused-ring (bicyclic) bond motifs is 1. The van der Waals surface area contributed by atoms with Crippen LogP contribution in [-0.2, 0) is 25.4 Å². The zero-order valence-electron chi connectivity index (χ0n) is 19.9. The lowest BCUT2D eigenvalue weighted by Crippen LogP contribution is -2.32. The van der Waals surface area contributed by atoms with Crippen molar-refractivity contribution < 1.29 is 28.5 Å². The Balaban J connectivity index is 1.28. The van der Waals surface area contributed by atoms with Crippen LogP contribution in [0, 0.1) is 5.92 Å². The number of esters is 1. The lowest BCUT2D eigenvalue weighted by atomic mass is 9.94. The van der Waals surface area contributed by atoms with E-state index in [0.717, 1.165) is 36.4 Å². The van der Waals surface area contributed by atoms with Crippen molar-refractivity contribution in [2.45, 2.75) is 12.8 Å². The highest BCUT2D eigenvalue weighted by Crippen LogP contribution is 2.31. The van der Waals surface area contributed by atoms with Crippen LogP contribution in [0.3, 0.4) is 0 Å². The Kier molecular flexibility index (Phi) is 8.69. The van der Waals surface area contributed by atoms with E-state index in [1.165, 1.54) is 0 Å². The van der Waals surface area contributed by atoms with Gasteiger partial charge < -0.3 is 24.3 Å². The van der Waals surface area contributed by atoms with Gasteiger partial charge >= 0.3 is 5.97 Å². The van der Waals surface area contributed by atoms with E-state index in [9.17, 15) is 9.59 Å². The quantitative estimate of drug-likeness (QED) is 0.334. The Morgan fingerprint density at radius 1 is 1.14 bits per heavy atom. The van der Waals surface area contributed by atoms with E-state index in [1.807, 2.05) is 35.3 Å². The molecule has 1 saturated heterocycles. The molecule has 0 bridgehead atoms. The number of anilines is 1. The van der Waals surface area contributed by atoms with Gasteiger partial charge in [-0.25, -0.2) is 0 Å². The zero-order chi connectivity index (χ0) is 24.5. The fraction of sp³-hybridized carbons (Fsp3) is 0.423. The van der Waals surface area contributed by atoms with E-state index in [2.05, 4.69) is 10.4 Å². The summed E-state index contributed by atoms with van der Waals surface area (Å²) in [7, 11) is 1.57. The third-order valence-electron chi connectivity index (χ3n) is 5.84. The smallest absolute Gasteiger partial charge is 0.306 e. The predicted octanol–water partition coefficient (Wildman–Crippen LogP) is 2.74. The molecule has 35 heavy (non-hydrogen) atoms. The number of rotatable bonds is 9. The van der Waals surface area contributed by atoms with Crippen molar-refractivity contribution in [3.8, 4) is 5.75 Å². The number of carbonyl (C=O) groups excluding carboxylic acids is 2. The summed E-state index contributed by atoms with van der Waals surface area (Å²) in [4.78, 5) is 24.7. The third kappa shape index (κ3) is 7.27. The monoisotopic (exact) mass is 481 g/mol. The van der Waals surface area contributed by atoms with Crippen LogP contribution >= 0.6 is 0 Å². The number of amides is 1. The molecule has 0 radical (unpaired) electrons. The Morgan fingerprint density at radius 2 is 1.94 bits per heavy atom. The second-order valence-corrected chi connectivity index (χ2v) is 8.51. The number of hydrogen-bond donors (Lipinski definition) is 1. The standard InChI is InChI=1S/C26H31N3O6/c1-32-12-13-34-25(30)15-20-14-22-6-7-23(16-24(22)35-18-20)28-26(31)21-4-2-19(3-5-21)17-27-29-8-10-33-11-9-29/h2-7,16-17,20H,8-15,18H2,1H3,(H,28,31)/b27-17+. The molecular formula is C26H31N3O6. The molecule has 9 nitrogen and oxygen atoms in total. The molecule has 9 heteroatoms. The molecule has 2 aliphatic heterocycles. The number of morpholine rings is 1. The molecule has 1 N–H and O–H groups in total. The van der Waals surface area contributed by atoms with Gasteiger partial charge in [0.1, 0.15) is 12.4 Å². The minimum absolute atomic E-state index is 0.0586. The highest BCUT2D eigenvalue weighted by molar-refractivity contribution is 6.04. The number of methoxy groups -OCH3 is 1. The van der Waals surface area contributed by atoms with Gasteiger partial charge in [0.15, 0.2) is 0 Å². The van der Waals surface area contributed by atoms with Gasteiger partial charge in [0.05, 0.1) is 52.2 Å². The number of nitrogens with zero attached hydrogens (tertiary/aromatic N) is 2. The fourth-order valence-corrected chi connectivity index (χ4v) is 3.92. The van der Waals surface area contributed by atoms with Crippen LogP contribution in [0.15, 0.2) is 47.6 Å². The van der Waals surface area contributed by atoms with E-state index in [4.69, 9.17) is 18.9 Å². The molecule has 2 aromatic rings. The van der Waals surface area contributed by atoms with Gasteiger partial charge in [0, 0.05) is 30.3 Å². The van der Waals surface area contributed by atoms with Crippen molar-refractivity contribution in [1.82, 2.24) is 5.01 Å². The summed E-state index contributed by atoms with van der Waals surface area (Å²) in [5, 5.41) is 9.35. The topological polar surface area (TPSA) is 98.7 Å². The lowest BCUT2D eigenvalue weighted by molar-refractivity contribution is -0.146. The molecule has 0 aliphatic carbocycles. The fourth-order valence-electron chi connectivity index (χ4n) is 3.92. The molecule has 1 atom stereocenters. The summed E-state index contributed by atoms with van der Waals surface area (Å²) in [6, 6.07) is 12.9.